The molecule has 1 aromatic carbocycles. The number of halogens is 2. The van der Waals surface area contributed by atoms with E-state index in [0.29, 0.717) is 6.42 Å². The second-order valence-corrected chi connectivity index (χ2v) is 3.85. The molecule has 2 rings (SSSR count). The number of aliphatic hydroxyl groups excluding tert-OH is 1. The van der Waals surface area contributed by atoms with Crippen molar-refractivity contribution in [3.63, 3.8) is 0 Å². The summed E-state index contributed by atoms with van der Waals surface area (Å²) in [5, 5.41) is 9.37. The van der Waals surface area contributed by atoms with Crippen molar-refractivity contribution in [3.8, 4) is 5.75 Å². The summed E-state index contributed by atoms with van der Waals surface area (Å²) in [7, 11) is 0. The summed E-state index contributed by atoms with van der Waals surface area (Å²) < 4.78 is 31.7. The Morgan fingerprint density at radius 2 is 2.07 bits per heavy atom. The van der Waals surface area contributed by atoms with E-state index < -0.39 is 17.7 Å². The van der Waals surface area contributed by atoms with Crippen molar-refractivity contribution in [1.82, 2.24) is 0 Å². The van der Waals surface area contributed by atoms with Gasteiger partial charge in [0.25, 0.3) is 0 Å². The molecule has 2 unspecified atom stereocenters. The molecule has 0 fully saturated rings. The van der Waals surface area contributed by atoms with Crippen molar-refractivity contribution in [2.75, 3.05) is 6.61 Å². The second-order valence-electron chi connectivity index (χ2n) is 3.85. The first-order valence-corrected chi connectivity index (χ1v) is 4.87. The maximum Gasteiger partial charge on any atom is 0.165 e. The Balaban J connectivity index is 2.36. The van der Waals surface area contributed by atoms with Crippen molar-refractivity contribution in [1.29, 1.82) is 0 Å². The quantitative estimate of drug-likeness (QED) is 0.773. The van der Waals surface area contributed by atoms with Crippen LogP contribution in [0.1, 0.15) is 12.5 Å². The highest BCUT2D eigenvalue weighted by atomic mass is 19.1. The van der Waals surface area contributed by atoms with Crippen LogP contribution in [-0.2, 0) is 6.42 Å². The van der Waals surface area contributed by atoms with Crippen molar-refractivity contribution >= 4 is 0 Å². The van der Waals surface area contributed by atoms with Crippen molar-refractivity contribution in [2.45, 2.75) is 19.4 Å². The molecule has 0 aliphatic carbocycles. The lowest BCUT2D eigenvalue weighted by Gasteiger charge is -2.27. The van der Waals surface area contributed by atoms with Crippen molar-refractivity contribution in [3.05, 3.63) is 29.3 Å². The van der Waals surface area contributed by atoms with Gasteiger partial charge in [-0.2, -0.15) is 0 Å². The van der Waals surface area contributed by atoms with Gasteiger partial charge in [-0.1, -0.05) is 0 Å². The zero-order valence-corrected chi connectivity index (χ0v) is 8.34. The van der Waals surface area contributed by atoms with Gasteiger partial charge >= 0.3 is 0 Å². The molecule has 1 aliphatic heterocycles. The normalized spacial score (nSPS) is 21.7. The highest BCUT2D eigenvalue weighted by Crippen LogP contribution is 2.32. The summed E-state index contributed by atoms with van der Waals surface area (Å²) in [5.74, 6) is -1.20. The van der Waals surface area contributed by atoms with Gasteiger partial charge in [0, 0.05) is 11.5 Å². The van der Waals surface area contributed by atoms with E-state index in [9.17, 15) is 13.9 Å². The lowest BCUT2D eigenvalue weighted by atomic mass is 9.92. The van der Waals surface area contributed by atoms with E-state index in [4.69, 9.17) is 4.74 Å². The van der Waals surface area contributed by atoms with Crippen LogP contribution in [0.2, 0.25) is 0 Å². The number of hydrogen-bond acceptors (Lipinski definition) is 2. The molecule has 2 nitrogen and oxygen atoms in total. The lowest BCUT2D eigenvalue weighted by Crippen LogP contribution is -2.30. The van der Waals surface area contributed by atoms with E-state index in [0.717, 1.165) is 12.1 Å². The van der Waals surface area contributed by atoms with Crippen LogP contribution in [0, 0.1) is 17.6 Å². The van der Waals surface area contributed by atoms with Crippen LogP contribution >= 0.6 is 0 Å². The Labute approximate surface area is 86.5 Å². The van der Waals surface area contributed by atoms with Gasteiger partial charge < -0.3 is 9.84 Å². The van der Waals surface area contributed by atoms with E-state index in [1.54, 1.807) is 6.92 Å². The average Bonchev–Trinajstić information content (AvgIpc) is 2.23. The van der Waals surface area contributed by atoms with Crippen LogP contribution in [0.4, 0.5) is 8.78 Å². The minimum Gasteiger partial charge on any atom is -0.490 e. The Morgan fingerprint density at radius 3 is 2.73 bits per heavy atom. The Morgan fingerprint density at radius 1 is 1.40 bits per heavy atom. The van der Waals surface area contributed by atoms with Crippen LogP contribution in [0.5, 0.6) is 5.75 Å². The number of hydrogen-bond donors (Lipinski definition) is 1. The minimum atomic E-state index is -0.583. The van der Waals surface area contributed by atoms with Gasteiger partial charge in [0.2, 0.25) is 0 Å². The first kappa shape index (κ1) is 10.4. The Kier molecular flexibility index (Phi) is 2.61. The number of aliphatic hydroxyl groups is 1. The van der Waals surface area contributed by atoms with Gasteiger partial charge in [0.15, 0.2) is 11.6 Å². The maximum atomic E-state index is 13.4. The molecule has 1 heterocycles. The van der Waals surface area contributed by atoms with E-state index in [-0.39, 0.29) is 23.8 Å². The van der Waals surface area contributed by atoms with Gasteiger partial charge in [0.05, 0.1) is 12.7 Å². The standard InChI is InChI=1S/C11H12F2O2/c1-6(14)7-4-8-9(12)2-3-10(13)11(8)15-5-7/h2-3,6-7,14H,4-5H2,1H3. The van der Waals surface area contributed by atoms with Crippen molar-refractivity contribution in [2.24, 2.45) is 5.92 Å². The molecule has 4 heteroatoms. The summed E-state index contributed by atoms with van der Waals surface area (Å²) in [6, 6.07) is 2.14. The molecule has 82 valence electrons. The maximum absolute atomic E-state index is 13.4. The summed E-state index contributed by atoms with van der Waals surface area (Å²) in [6.45, 7) is 1.85. The van der Waals surface area contributed by atoms with Crippen LogP contribution < -0.4 is 4.74 Å². The fraction of sp³-hybridized carbons (Fsp3) is 0.455. The van der Waals surface area contributed by atoms with Crippen LogP contribution in [0.3, 0.4) is 0 Å². The van der Waals surface area contributed by atoms with Gasteiger partial charge in [-0.15, -0.1) is 0 Å². The van der Waals surface area contributed by atoms with E-state index in [2.05, 4.69) is 0 Å². The number of ether oxygens (including phenoxy) is 1. The highest BCUT2D eigenvalue weighted by molar-refractivity contribution is 5.38. The molecule has 0 spiro atoms. The predicted molar refractivity (Wildman–Crippen MR) is 50.7 cm³/mol. The third-order valence-corrected chi connectivity index (χ3v) is 2.75. The van der Waals surface area contributed by atoms with Crippen LogP contribution in [0.25, 0.3) is 0 Å². The van der Waals surface area contributed by atoms with Gasteiger partial charge in [0.1, 0.15) is 5.82 Å². The van der Waals surface area contributed by atoms with Crippen LogP contribution in [0.15, 0.2) is 12.1 Å². The molecule has 0 aromatic heterocycles. The minimum absolute atomic E-state index is 0.00750. The second kappa shape index (κ2) is 3.77. The molecular formula is C11H12F2O2. The van der Waals surface area contributed by atoms with Gasteiger partial charge in [-0.3, -0.25) is 0 Å². The number of benzene rings is 1. The Hall–Kier alpha value is -1.16. The summed E-state index contributed by atoms with van der Waals surface area (Å²) in [5.41, 5.74) is 0.229. The number of fused-ring (bicyclic) bond motifs is 1. The molecule has 1 N–H and O–H groups in total. The molecular weight excluding hydrogens is 202 g/mol. The largest absolute Gasteiger partial charge is 0.490 e. The molecule has 0 saturated heterocycles. The van der Waals surface area contributed by atoms with E-state index in [1.165, 1.54) is 0 Å². The zero-order valence-electron chi connectivity index (χ0n) is 8.34. The third-order valence-electron chi connectivity index (χ3n) is 2.75. The predicted octanol–water partition coefficient (Wildman–Crippen LogP) is 1.90. The smallest absolute Gasteiger partial charge is 0.165 e. The monoisotopic (exact) mass is 214 g/mol. The molecule has 0 saturated carbocycles. The van der Waals surface area contributed by atoms with Gasteiger partial charge in [-0.05, 0) is 25.5 Å². The van der Waals surface area contributed by atoms with E-state index >= 15 is 0 Å². The Bertz CT molecular complexity index is 377. The van der Waals surface area contributed by atoms with E-state index in [1.807, 2.05) is 0 Å². The first-order chi connectivity index (χ1) is 7.09. The fourth-order valence-electron chi connectivity index (χ4n) is 1.74. The lowest BCUT2D eigenvalue weighted by molar-refractivity contribution is 0.0752. The van der Waals surface area contributed by atoms with Crippen molar-refractivity contribution < 1.29 is 18.6 Å². The number of rotatable bonds is 1. The average molecular weight is 214 g/mol. The first-order valence-electron chi connectivity index (χ1n) is 4.87. The topological polar surface area (TPSA) is 29.5 Å². The summed E-state index contributed by atoms with van der Waals surface area (Å²) in [4.78, 5) is 0. The third kappa shape index (κ3) is 1.81. The molecule has 0 bridgehead atoms. The SMILES string of the molecule is CC(O)C1COc2c(F)ccc(F)c2C1. The zero-order chi connectivity index (χ0) is 11.0. The van der Waals surface area contributed by atoms with Gasteiger partial charge in [-0.25, -0.2) is 8.78 Å². The molecule has 0 amide bonds. The fourth-order valence-corrected chi connectivity index (χ4v) is 1.74. The summed E-state index contributed by atoms with van der Waals surface area (Å²) >= 11 is 0. The molecule has 2 atom stereocenters. The summed E-state index contributed by atoms with van der Waals surface area (Å²) in [6.07, 6.45) is -0.267. The molecule has 1 aromatic rings. The van der Waals surface area contributed by atoms with Crippen LogP contribution in [-0.4, -0.2) is 17.8 Å². The molecule has 0 radical (unpaired) electrons. The molecule has 15 heavy (non-hydrogen) atoms. The highest BCUT2D eigenvalue weighted by Gasteiger charge is 2.27. The molecule has 1 aliphatic rings.